The van der Waals surface area contributed by atoms with E-state index in [0.29, 0.717) is 5.56 Å². The van der Waals surface area contributed by atoms with E-state index in [1.165, 1.54) is 11.3 Å². The molecule has 0 saturated heterocycles. The summed E-state index contributed by atoms with van der Waals surface area (Å²) in [7, 11) is 0. The Morgan fingerprint density at radius 3 is 2.79 bits per heavy atom. The molecule has 0 radical (unpaired) electrons. The molecule has 0 unspecified atom stereocenters. The molecule has 1 heterocycles. The van der Waals surface area contributed by atoms with Crippen molar-refractivity contribution in [2.75, 3.05) is 0 Å². The van der Waals surface area contributed by atoms with Crippen LogP contribution in [0.25, 0.3) is 11.3 Å². The van der Waals surface area contributed by atoms with Gasteiger partial charge < -0.3 is 5.73 Å². The maximum Gasteiger partial charge on any atom is 0.249 e. The molecule has 2 N–H and O–H groups in total. The quantitative estimate of drug-likeness (QED) is 0.812. The average Bonchev–Trinajstić information content (AvgIpc) is 2.70. The van der Waals surface area contributed by atoms with Crippen LogP contribution in [-0.4, -0.2) is 10.9 Å². The zero-order chi connectivity index (χ0) is 9.97. The van der Waals surface area contributed by atoms with Gasteiger partial charge in [0.25, 0.3) is 0 Å². The van der Waals surface area contributed by atoms with Gasteiger partial charge in [-0.15, -0.1) is 11.3 Å². The fourth-order valence-corrected chi connectivity index (χ4v) is 1.82. The first-order valence-corrected chi connectivity index (χ1v) is 5.00. The lowest BCUT2D eigenvalue weighted by atomic mass is 10.1. The van der Waals surface area contributed by atoms with Crippen molar-refractivity contribution in [3.8, 4) is 11.3 Å². The zero-order valence-corrected chi connectivity index (χ0v) is 8.12. The summed E-state index contributed by atoms with van der Waals surface area (Å²) in [6.45, 7) is 0. The third-order valence-corrected chi connectivity index (χ3v) is 2.49. The summed E-state index contributed by atoms with van der Waals surface area (Å²) in [6.07, 6.45) is 0. The van der Waals surface area contributed by atoms with Crippen LogP contribution < -0.4 is 5.73 Å². The number of nitrogens with zero attached hydrogens (tertiary/aromatic N) is 1. The van der Waals surface area contributed by atoms with Crippen molar-refractivity contribution in [3.63, 3.8) is 0 Å². The molecule has 14 heavy (non-hydrogen) atoms. The van der Waals surface area contributed by atoms with Gasteiger partial charge >= 0.3 is 0 Å². The standard InChI is InChI=1S/C10H8N2OS/c11-10(13)8-4-2-1-3-7(8)9-5-14-6-12-9/h1-6H,(H2,11,13). The molecule has 0 saturated carbocycles. The number of carbonyl (C=O) groups is 1. The summed E-state index contributed by atoms with van der Waals surface area (Å²) in [5, 5.41) is 1.89. The van der Waals surface area contributed by atoms with Crippen molar-refractivity contribution in [2.45, 2.75) is 0 Å². The molecule has 3 nitrogen and oxygen atoms in total. The van der Waals surface area contributed by atoms with E-state index in [2.05, 4.69) is 4.98 Å². The topological polar surface area (TPSA) is 56.0 Å². The lowest BCUT2D eigenvalue weighted by Gasteiger charge is -2.02. The number of primary amides is 1. The monoisotopic (exact) mass is 204 g/mol. The Hall–Kier alpha value is -1.68. The van der Waals surface area contributed by atoms with E-state index in [4.69, 9.17) is 5.73 Å². The number of carbonyl (C=O) groups excluding carboxylic acids is 1. The van der Waals surface area contributed by atoms with E-state index >= 15 is 0 Å². The second kappa shape index (κ2) is 3.59. The first-order chi connectivity index (χ1) is 6.79. The van der Waals surface area contributed by atoms with Gasteiger partial charge in [-0.25, -0.2) is 4.98 Å². The SMILES string of the molecule is NC(=O)c1ccccc1-c1cscn1. The maximum atomic E-state index is 11.1. The normalized spacial score (nSPS) is 10.0. The summed E-state index contributed by atoms with van der Waals surface area (Å²) < 4.78 is 0. The van der Waals surface area contributed by atoms with Crippen LogP contribution in [0.1, 0.15) is 10.4 Å². The molecular weight excluding hydrogens is 196 g/mol. The number of nitrogens with two attached hydrogens (primary N) is 1. The number of hydrogen-bond acceptors (Lipinski definition) is 3. The van der Waals surface area contributed by atoms with Crippen molar-refractivity contribution in [2.24, 2.45) is 5.73 Å². The molecule has 0 atom stereocenters. The van der Waals surface area contributed by atoms with Crippen molar-refractivity contribution >= 4 is 17.2 Å². The highest BCUT2D eigenvalue weighted by Gasteiger charge is 2.09. The minimum Gasteiger partial charge on any atom is -0.366 e. The Labute approximate surface area is 85.2 Å². The minimum atomic E-state index is -0.423. The van der Waals surface area contributed by atoms with Gasteiger partial charge in [-0.1, -0.05) is 18.2 Å². The molecule has 0 aliphatic carbocycles. The number of rotatable bonds is 2. The van der Waals surface area contributed by atoms with E-state index in [0.717, 1.165) is 11.3 Å². The predicted octanol–water partition coefficient (Wildman–Crippen LogP) is 1.91. The third-order valence-electron chi connectivity index (χ3n) is 1.90. The van der Waals surface area contributed by atoms with E-state index in [-0.39, 0.29) is 0 Å². The fraction of sp³-hybridized carbons (Fsp3) is 0. The van der Waals surface area contributed by atoms with Crippen LogP contribution in [0.3, 0.4) is 0 Å². The number of amides is 1. The molecule has 0 spiro atoms. The molecule has 1 amide bonds. The first kappa shape index (κ1) is 8.90. The molecule has 4 heteroatoms. The molecule has 70 valence electrons. The number of hydrogen-bond donors (Lipinski definition) is 1. The van der Waals surface area contributed by atoms with Crippen molar-refractivity contribution in [1.29, 1.82) is 0 Å². The first-order valence-electron chi connectivity index (χ1n) is 4.06. The highest BCUT2D eigenvalue weighted by Crippen LogP contribution is 2.22. The Balaban J connectivity index is 2.58. The third kappa shape index (κ3) is 1.52. The van der Waals surface area contributed by atoms with Crippen LogP contribution in [0.5, 0.6) is 0 Å². The molecular formula is C10H8N2OS. The van der Waals surface area contributed by atoms with Crippen molar-refractivity contribution in [1.82, 2.24) is 4.98 Å². The maximum absolute atomic E-state index is 11.1. The predicted molar refractivity (Wildman–Crippen MR) is 56.1 cm³/mol. The van der Waals surface area contributed by atoms with Crippen LogP contribution >= 0.6 is 11.3 Å². The molecule has 2 rings (SSSR count). The van der Waals surface area contributed by atoms with Crippen LogP contribution in [0.2, 0.25) is 0 Å². The largest absolute Gasteiger partial charge is 0.366 e. The Kier molecular flexibility index (Phi) is 2.28. The summed E-state index contributed by atoms with van der Waals surface area (Å²) in [5.41, 5.74) is 9.09. The second-order valence-corrected chi connectivity index (χ2v) is 3.50. The number of benzene rings is 1. The second-order valence-electron chi connectivity index (χ2n) is 2.78. The van der Waals surface area contributed by atoms with Gasteiger partial charge in [0.2, 0.25) is 5.91 Å². The van der Waals surface area contributed by atoms with Gasteiger partial charge in [-0.3, -0.25) is 4.79 Å². The molecule has 0 bridgehead atoms. The average molecular weight is 204 g/mol. The smallest absolute Gasteiger partial charge is 0.249 e. The lowest BCUT2D eigenvalue weighted by Crippen LogP contribution is -2.12. The molecule has 0 aliphatic heterocycles. The minimum absolute atomic E-state index is 0.423. The molecule has 1 aromatic heterocycles. The molecule has 0 fully saturated rings. The van der Waals surface area contributed by atoms with Crippen molar-refractivity contribution in [3.05, 3.63) is 40.7 Å². The number of aromatic nitrogens is 1. The lowest BCUT2D eigenvalue weighted by molar-refractivity contribution is 0.100. The van der Waals surface area contributed by atoms with Crippen LogP contribution in [0, 0.1) is 0 Å². The van der Waals surface area contributed by atoms with Crippen LogP contribution in [-0.2, 0) is 0 Å². The highest BCUT2D eigenvalue weighted by atomic mass is 32.1. The van der Waals surface area contributed by atoms with E-state index < -0.39 is 5.91 Å². The van der Waals surface area contributed by atoms with Gasteiger partial charge in [0, 0.05) is 16.5 Å². The van der Waals surface area contributed by atoms with Gasteiger partial charge in [0.1, 0.15) is 0 Å². The van der Waals surface area contributed by atoms with Gasteiger partial charge in [0.15, 0.2) is 0 Å². The fourth-order valence-electron chi connectivity index (χ4n) is 1.27. The van der Waals surface area contributed by atoms with Crippen molar-refractivity contribution < 1.29 is 4.79 Å². The summed E-state index contributed by atoms with van der Waals surface area (Å²) in [6, 6.07) is 7.20. The summed E-state index contributed by atoms with van der Waals surface area (Å²) in [5.74, 6) is -0.423. The van der Waals surface area contributed by atoms with Gasteiger partial charge in [-0.05, 0) is 6.07 Å². The van der Waals surface area contributed by atoms with Gasteiger partial charge in [-0.2, -0.15) is 0 Å². The molecule has 1 aromatic carbocycles. The molecule has 2 aromatic rings. The summed E-state index contributed by atoms with van der Waals surface area (Å²) >= 11 is 1.49. The van der Waals surface area contributed by atoms with E-state index in [9.17, 15) is 4.79 Å². The zero-order valence-electron chi connectivity index (χ0n) is 7.31. The number of thiazole rings is 1. The Morgan fingerprint density at radius 2 is 2.14 bits per heavy atom. The van der Waals surface area contributed by atoms with Crippen LogP contribution in [0.4, 0.5) is 0 Å². The molecule has 0 aliphatic rings. The Morgan fingerprint density at radius 1 is 1.36 bits per heavy atom. The summed E-state index contributed by atoms with van der Waals surface area (Å²) in [4.78, 5) is 15.3. The highest BCUT2D eigenvalue weighted by molar-refractivity contribution is 7.07. The van der Waals surface area contributed by atoms with Gasteiger partial charge in [0.05, 0.1) is 11.2 Å². The Bertz CT molecular complexity index is 451. The van der Waals surface area contributed by atoms with E-state index in [1.807, 2.05) is 17.5 Å². The van der Waals surface area contributed by atoms with E-state index in [1.54, 1.807) is 17.6 Å². The van der Waals surface area contributed by atoms with Crippen LogP contribution in [0.15, 0.2) is 35.2 Å².